The highest BCUT2D eigenvalue weighted by Gasteiger charge is 2.28. The third-order valence-electron chi connectivity index (χ3n) is 4.47. The molecule has 23 heavy (non-hydrogen) atoms. The predicted octanol–water partition coefficient (Wildman–Crippen LogP) is 2.07. The number of phenols is 1. The van der Waals surface area contributed by atoms with Crippen molar-refractivity contribution in [2.75, 3.05) is 32.8 Å². The SMILES string of the molecule is CCOc1cc(CN2CCN(C(C)C)C(CCO)C2)ccc1O. The molecule has 2 rings (SSSR count). The highest BCUT2D eigenvalue weighted by Crippen LogP contribution is 2.28. The Balaban J connectivity index is 2.02. The molecule has 1 aliphatic heterocycles. The Morgan fingerprint density at radius 3 is 2.74 bits per heavy atom. The van der Waals surface area contributed by atoms with E-state index in [9.17, 15) is 10.2 Å². The molecule has 1 unspecified atom stereocenters. The van der Waals surface area contributed by atoms with E-state index in [1.54, 1.807) is 6.07 Å². The van der Waals surface area contributed by atoms with Gasteiger partial charge in [-0.3, -0.25) is 9.80 Å². The first-order valence-electron chi connectivity index (χ1n) is 8.58. The Kier molecular flexibility index (Phi) is 6.69. The lowest BCUT2D eigenvalue weighted by molar-refractivity contribution is 0.0349. The van der Waals surface area contributed by atoms with Gasteiger partial charge in [0.15, 0.2) is 11.5 Å². The number of rotatable bonds is 7. The van der Waals surface area contributed by atoms with Crippen LogP contribution in [0.15, 0.2) is 18.2 Å². The van der Waals surface area contributed by atoms with Gasteiger partial charge in [-0.2, -0.15) is 0 Å². The maximum Gasteiger partial charge on any atom is 0.161 e. The summed E-state index contributed by atoms with van der Waals surface area (Å²) < 4.78 is 5.46. The fourth-order valence-electron chi connectivity index (χ4n) is 3.35. The third kappa shape index (κ3) is 4.83. The molecule has 5 nitrogen and oxygen atoms in total. The summed E-state index contributed by atoms with van der Waals surface area (Å²) in [4.78, 5) is 4.90. The number of nitrogens with zero attached hydrogens (tertiary/aromatic N) is 2. The zero-order chi connectivity index (χ0) is 16.8. The van der Waals surface area contributed by atoms with Gasteiger partial charge in [-0.1, -0.05) is 6.07 Å². The van der Waals surface area contributed by atoms with Crippen molar-refractivity contribution in [3.63, 3.8) is 0 Å². The number of aromatic hydroxyl groups is 1. The van der Waals surface area contributed by atoms with Crippen molar-refractivity contribution >= 4 is 0 Å². The standard InChI is InChI=1S/C18H30N2O3/c1-4-23-18-11-15(5-6-17(18)22)12-19-8-9-20(14(2)3)16(13-19)7-10-21/h5-6,11,14,16,21-22H,4,7-10,12-13H2,1-3H3. The van der Waals surface area contributed by atoms with Gasteiger partial charge in [-0.15, -0.1) is 0 Å². The summed E-state index contributed by atoms with van der Waals surface area (Å²) >= 11 is 0. The number of phenolic OH excluding ortho intramolecular Hbond substituents is 1. The minimum absolute atomic E-state index is 0.193. The summed E-state index contributed by atoms with van der Waals surface area (Å²) in [5.41, 5.74) is 1.15. The first-order valence-corrected chi connectivity index (χ1v) is 8.58. The van der Waals surface area contributed by atoms with Crippen molar-refractivity contribution in [3.8, 4) is 11.5 Å². The molecule has 2 N–H and O–H groups in total. The van der Waals surface area contributed by atoms with Crippen LogP contribution in [0.2, 0.25) is 0 Å². The average Bonchev–Trinajstić information content (AvgIpc) is 2.51. The molecular formula is C18H30N2O3. The Morgan fingerprint density at radius 1 is 1.30 bits per heavy atom. The number of aliphatic hydroxyl groups excluding tert-OH is 1. The number of hydrogen-bond acceptors (Lipinski definition) is 5. The van der Waals surface area contributed by atoms with Gasteiger partial charge in [0, 0.05) is 44.9 Å². The van der Waals surface area contributed by atoms with Crippen molar-refractivity contribution in [1.82, 2.24) is 9.80 Å². The summed E-state index contributed by atoms with van der Waals surface area (Å²) in [6, 6.07) is 6.49. The van der Waals surface area contributed by atoms with Gasteiger partial charge in [-0.25, -0.2) is 0 Å². The van der Waals surface area contributed by atoms with Crippen molar-refractivity contribution in [1.29, 1.82) is 0 Å². The van der Waals surface area contributed by atoms with Crippen LogP contribution < -0.4 is 4.74 Å². The van der Waals surface area contributed by atoms with Crippen LogP contribution in [0.4, 0.5) is 0 Å². The van der Waals surface area contributed by atoms with E-state index >= 15 is 0 Å². The largest absolute Gasteiger partial charge is 0.504 e. The zero-order valence-corrected chi connectivity index (χ0v) is 14.5. The zero-order valence-electron chi connectivity index (χ0n) is 14.5. The predicted molar refractivity (Wildman–Crippen MR) is 91.9 cm³/mol. The van der Waals surface area contributed by atoms with E-state index in [1.807, 2.05) is 19.1 Å². The van der Waals surface area contributed by atoms with Crippen LogP contribution in [-0.4, -0.2) is 64.9 Å². The Morgan fingerprint density at radius 2 is 2.09 bits per heavy atom. The molecule has 1 aromatic rings. The monoisotopic (exact) mass is 322 g/mol. The molecule has 1 aromatic carbocycles. The molecule has 0 spiro atoms. The highest BCUT2D eigenvalue weighted by molar-refractivity contribution is 5.41. The lowest BCUT2D eigenvalue weighted by atomic mass is 10.1. The van der Waals surface area contributed by atoms with Gasteiger partial charge >= 0.3 is 0 Å². The second kappa shape index (κ2) is 8.52. The summed E-state index contributed by atoms with van der Waals surface area (Å²) in [6.45, 7) is 11.0. The molecule has 5 heteroatoms. The molecule has 1 atom stereocenters. The molecule has 130 valence electrons. The lowest BCUT2D eigenvalue weighted by Gasteiger charge is -2.43. The molecular weight excluding hydrogens is 292 g/mol. The van der Waals surface area contributed by atoms with Crippen molar-refractivity contribution in [3.05, 3.63) is 23.8 Å². The quantitative estimate of drug-likeness (QED) is 0.805. The minimum atomic E-state index is 0.193. The van der Waals surface area contributed by atoms with Crippen LogP contribution in [0.25, 0.3) is 0 Å². The molecule has 0 aliphatic carbocycles. The third-order valence-corrected chi connectivity index (χ3v) is 4.47. The van der Waals surface area contributed by atoms with E-state index in [4.69, 9.17) is 4.74 Å². The summed E-state index contributed by atoms with van der Waals surface area (Å²) in [6.07, 6.45) is 0.814. The van der Waals surface area contributed by atoms with Crippen LogP contribution >= 0.6 is 0 Å². The molecule has 0 bridgehead atoms. The van der Waals surface area contributed by atoms with E-state index in [1.165, 1.54) is 0 Å². The average molecular weight is 322 g/mol. The number of hydrogen-bond donors (Lipinski definition) is 2. The molecule has 1 aliphatic rings. The van der Waals surface area contributed by atoms with E-state index in [0.29, 0.717) is 24.4 Å². The lowest BCUT2D eigenvalue weighted by Crippen LogP contribution is -2.55. The molecule has 1 fully saturated rings. The van der Waals surface area contributed by atoms with Crippen LogP contribution in [0.3, 0.4) is 0 Å². The Hall–Kier alpha value is -1.30. The number of aliphatic hydroxyl groups is 1. The second-order valence-corrected chi connectivity index (χ2v) is 6.47. The van der Waals surface area contributed by atoms with Gasteiger partial charge in [0.2, 0.25) is 0 Å². The van der Waals surface area contributed by atoms with Gasteiger partial charge in [-0.05, 0) is 44.9 Å². The van der Waals surface area contributed by atoms with Gasteiger partial charge in [0.05, 0.1) is 6.61 Å². The maximum atomic E-state index is 9.81. The maximum absolute atomic E-state index is 9.81. The minimum Gasteiger partial charge on any atom is -0.504 e. The van der Waals surface area contributed by atoms with Crippen LogP contribution in [0.5, 0.6) is 11.5 Å². The summed E-state index contributed by atoms with van der Waals surface area (Å²) in [5, 5.41) is 19.1. The summed E-state index contributed by atoms with van der Waals surface area (Å²) in [7, 11) is 0. The van der Waals surface area contributed by atoms with Gasteiger partial charge in [0.25, 0.3) is 0 Å². The van der Waals surface area contributed by atoms with Crippen molar-refractivity contribution in [2.45, 2.75) is 45.8 Å². The molecule has 0 aromatic heterocycles. The molecule has 0 amide bonds. The highest BCUT2D eigenvalue weighted by atomic mass is 16.5. The number of piperazine rings is 1. The van der Waals surface area contributed by atoms with Crippen molar-refractivity contribution in [2.24, 2.45) is 0 Å². The molecule has 0 radical (unpaired) electrons. The van der Waals surface area contributed by atoms with Crippen LogP contribution in [0, 0.1) is 0 Å². The summed E-state index contributed by atoms with van der Waals surface area (Å²) in [5.74, 6) is 0.746. The Bertz CT molecular complexity index is 493. The van der Waals surface area contributed by atoms with E-state index in [2.05, 4.69) is 23.6 Å². The number of benzene rings is 1. The van der Waals surface area contributed by atoms with E-state index in [0.717, 1.165) is 38.2 Å². The smallest absolute Gasteiger partial charge is 0.161 e. The number of ether oxygens (including phenoxy) is 1. The fraction of sp³-hybridized carbons (Fsp3) is 0.667. The topological polar surface area (TPSA) is 56.2 Å². The van der Waals surface area contributed by atoms with Crippen molar-refractivity contribution < 1.29 is 14.9 Å². The normalized spacial score (nSPS) is 20.1. The van der Waals surface area contributed by atoms with Crippen LogP contribution in [0.1, 0.15) is 32.8 Å². The van der Waals surface area contributed by atoms with Gasteiger partial charge < -0.3 is 14.9 Å². The first-order chi connectivity index (χ1) is 11.0. The van der Waals surface area contributed by atoms with Crippen LogP contribution in [-0.2, 0) is 6.54 Å². The van der Waals surface area contributed by atoms with E-state index in [-0.39, 0.29) is 12.4 Å². The van der Waals surface area contributed by atoms with Gasteiger partial charge in [0.1, 0.15) is 0 Å². The molecule has 1 heterocycles. The first kappa shape index (κ1) is 18.0. The second-order valence-electron chi connectivity index (χ2n) is 6.47. The fourth-order valence-corrected chi connectivity index (χ4v) is 3.35. The van der Waals surface area contributed by atoms with E-state index < -0.39 is 0 Å². The molecule has 1 saturated heterocycles. The molecule has 0 saturated carbocycles. The Labute approximate surface area is 139 Å².